The number of hydrogen-bond donors (Lipinski definition) is 1. The van der Waals surface area contributed by atoms with Crippen LogP contribution in [0.4, 0.5) is 13.2 Å². The number of carbonyl (C=O) groups excluding carboxylic acids is 1. The van der Waals surface area contributed by atoms with Crippen molar-refractivity contribution >= 4 is 5.91 Å². The van der Waals surface area contributed by atoms with E-state index in [0.29, 0.717) is 13.1 Å². The lowest BCUT2D eigenvalue weighted by Gasteiger charge is -2.34. The number of benzene rings is 1. The Balaban J connectivity index is 1.54. The molecule has 1 aliphatic rings. The lowest BCUT2D eigenvalue weighted by Crippen LogP contribution is -2.48. The molecule has 25 heavy (non-hydrogen) atoms. The number of alkyl halides is 3. The fourth-order valence-corrected chi connectivity index (χ4v) is 2.68. The van der Waals surface area contributed by atoms with Gasteiger partial charge in [-0.05, 0) is 5.56 Å². The predicted molar refractivity (Wildman–Crippen MR) is 88.0 cm³/mol. The van der Waals surface area contributed by atoms with Gasteiger partial charge in [-0.3, -0.25) is 14.6 Å². The van der Waals surface area contributed by atoms with E-state index in [1.165, 1.54) is 5.56 Å². The van der Waals surface area contributed by atoms with Gasteiger partial charge in [-0.2, -0.15) is 13.2 Å². The van der Waals surface area contributed by atoms with Crippen LogP contribution in [0, 0.1) is 0 Å². The van der Waals surface area contributed by atoms with E-state index in [1.807, 2.05) is 18.2 Å². The summed E-state index contributed by atoms with van der Waals surface area (Å²) in [4.78, 5) is 16.0. The van der Waals surface area contributed by atoms with Gasteiger partial charge >= 0.3 is 6.18 Å². The number of rotatable bonds is 8. The SMILES string of the molecule is O=C(COCC(F)(F)F)NCCN1CCN(Cc2ccccc2)CC1. The van der Waals surface area contributed by atoms with Crippen LogP contribution in [0.1, 0.15) is 5.56 Å². The first-order chi connectivity index (χ1) is 11.9. The van der Waals surface area contributed by atoms with E-state index in [0.717, 1.165) is 32.7 Å². The van der Waals surface area contributed by atoms with Crippen LogP contribution in [0.2, 0.25) is 0 Å². The standard InChI is InChI=1S/C17H24F3N3O2/c18-17(19,20)14-25-13-16(24)21-6-7-22-8-10-23(11-9-22)12-15-4-2-1-3-5-15/h1-5H,6-14H2,(H,21,24). The molecule has 1 aromatic carbocycles. The summed E-state index contributed by atoms with van der Waals surface area (Å²) < 4.78 is 40.0. The average molecular weight is 359 g/mol. The van der Waals surface area contributed by atoms with Crippen molar-refractivity contribution in [3.8, 4) is 0 Å². The minimum Gasteiger partial charge on any atom is -0.362 e. The largest absolute Gasteiger partial charge is 0.411 e. The number of piperazine rings is 1. The number of nitrogens with zero attached hydrogens (tertiary/aromatic N) is 2. The highest BCUT2D eigenvalue weighted by molar-refractivity contribution is 5.77. The maximum Gasteiger partial charge on any atom is 0.411 e. The zero-order valence-electron chi connectivity index (χ0n) is 14.1. The molecule has 1 heterocycles. The van der Waals surface area contributed by atoms with Crippen molar-refractivity contribution < 1.29 is 22.7 Å². The number of nitrogens with one attached hydrogen (secondary N) is 1. The highest BCUT2D eigenvalue weighted by Crippen LogP contribution is 2.14. The van der Waals surface area contributed by atoms with Gasteiger partial charge < -0.3 is 10.1 Å². The van der Waals surface area contributed by atoms with Crippen LogP contribution < -0.4 is 5.32 Å². The molecule has 1 N–H and O–H groups in total. The summed E-state index contributed by atoms with van der Waals surface area (Å²) >= 11 is 0. The highest BCUT2D eigenvalue weighted by atomic mass is 19.4. The number of hydrogen-bond acceptors (Lipinski definition) is 4. The summed E-state index contributed by atoms with van der Waals surface area (Å²) in [7, 11) is 0. The van der Waals surface area contributed by atoms with Crippen molar-refractivity contribution in [3.05, 3.63) is 35.9 Å². The zero-order valence-corrected chi connectivity index (χ0v) is 14.1. The van der Waals surface area contributed by atoms with Gasteiger partial charge in [-0.25, -0.2) is 0 Å². The summed E-state index contributed by atoms with van der Waals surface area (Å²) in [5.74, 6) is -0.521. The fourth-order valence-electron chi connectivity index (χ4n) is 2.68. The van der Waals surface area contributed by atoms with Crippen LogP contribution in [0.25, 0.3) is 0 Å². The van der Waals surface area contributed by atoms with Crippen molar-refractivity contribution in [1.82, 2.24) is 15.1 Å². The summed E-state index contributed by atoms with van der Waals surface area (Å²) in [6.07, 6.45) is -4.40. The number of ether oxygens (including phenoxy) is 1. The van der Waals surface area contributed by atoms with Crippen molar-refractivity contribution in [2.24, 2.45) is 0 Å². The van der Waals surface area contributed by atoms with Crippen molar-refractivity contribution in [2.75, 3.05) is 52.5 Å². The van der Waals surface area contributed by atoms with Gasteiger partial charge in [-0.15, -0.1) is 0 Å². The quantitative estimate of drug-likeness (QED) is 0.764. The van der Waals surface area contributed by atoms with Gasteiger partial charge in [0.05, 0.1) is 0 Å². The molecule has 8 heteroatoms. The van der Waals surface area contributed by atoms with E-state index in [1.54, 1.807) is 0 Å². The minimum atomic E-state index is -4.40. The Hall–Kier alpha value is -1.64. The van der Waals surface area contributed by atoms with E-state index in [2.05, 4.69) is 32.0 Å². The molecule has 0 saturated carbocycles. The first kappa shape index (κ1) is 19.7. The van der Waals surface area contributed by atoms with Gasteiger partial charge in [0, 0.05) is 45.8 Å². The molecule has 1 aliphatic heterocycles. The van der Waals surface area contributed by atoms with E-state index in [4.69, 9.17) is 0 Å². The number of halogens is 3. The van der Waals surface area contributed by atoms with E-state index < -0.39 is 25.3 Å². The molecule has 1 fully saturated rings. The maximum absolute atomic E-state index is 11.9. The molecule has 1 saturated heterocycles. The molecule has 0 radical (unpaired) electrons. The second-order valence-electron chi connectivity index (χ2n) is 6.06. The molecule has 0 aliphatic carbocycles. The number of carbonyl (C=O) groups is 1. The van der Waals surface area contributed by atoms with Crippen LogP contribution in [0.15, 0.2) is 30.3 Å². The molecule has 140 valence electrons. The Morgan fingerprint density at radius 3 is 2.36 bits per heavy atom. The lowest BCUT2D eigenvalue weighted by molar-refractivity contribution is -0.175. The molecular formula is C17H24F3N3O2. The Bertz CT molecular complexity index is 518. The molecular weight excluding hydrogens is 335 g/mol. The van der Waals surface area contributed by atoms with E-state index in [9.17, 15) is 18.0 Å². The van der Waals surface area contributed by atoms with Crippen LogP contribution in [0.3, 0.4) is 0 Å². The molecule has 1 aromatic rings. The second kappa shape index (κ2) is 9.74. The third kappa shape index (κ3) is 8.33. The van der Waals surface area contributed by atoms with Gasteiger partial charge in [0.2, 0.25) is 5.91 Å². The summed E-state index contributed by atoms with van der Waals surface area (Å²) in [6, 6.07) is 10.3. The third-order valence-electron chi connectivity index (χ3n) is 3.96. The minimum absolute atomic E-state index is 0.410. The Morgan fingerprint density at radius 2 is 1.72 bits per heavy atom. The molecule has 0 unspecified atom stereocenters. The Morgan fingerprint density at radius 1 is 1.08 bits per heavy atom. The number of amides is 1. The summed E-state index contributed by atoms with van der Waals surface area (Å²) in [5.41, 5.74) is 1.29. The summed E-state index contributed by atoms with van der Waals surface area (Å²) in [5, 5.41) is 2.58. The molecule has 0 bridgehead atoms. The second-order valence-corrected chi connectivity index (χ2v) is 6.06. The first-order valence-electron chi connectivity index (χ1n) is 8.32. The lowest BCUT2D eigenvalue weighted by atomic mass is 10.2. The highest BCUT2D eigenvalue weighted by Gasteiger charge is 2.27. The molecule has 0 spiro atoms. The van der Waals surface area contributed by atoms with Gasteiger partial charge in [0.25, 0.3) is 0 Å². The zero-order chi connectivity index (χ0) is 18.1. The van der Waals surface area contributed by atoms with Gasteiger partial charge in [-0.1, -0.05) is 30.3 Å². The van der Waals surface area contributed by atoms with E-state index >= 15 is 0 Å². The maximum atomic E-state index is 11.9. The fraction of sp³-hybridized carbons (Fsp3) is 0.588. The molecule has 0 atom stereocenters. The Labute approximate surface area is 145 Å². The average Bonchev–Trinajstić information content (AvgIpc) is 2.56. The van der Waals surface area contributed by atoms with Crippen LogP contribution in [-0.4, -0.2) is 74.4 Å². The van der Waals surface area contributed by atoms with Gasteiger partial charge in [0.15, 0.2) is 0 Å². The van der Waals surface area contributed by atoms with Gasteiger partial charge in [0.1, 0.15) is 13.2 Å². The molecule has 1 amide bonds. The topological polar surface area (TPSA) is 44.8 Å². The van der Waals surface area contributed by atoms with E-state index in [-0.39, 0.29) is 0 Å². The Kier molecular flexibility index (Phi) is 7.67. The first-order valence-corrected chi connectivity index (χ1v) is 8.32. The van der Waals surface area contributed by atoms with Crippen LogP contribution in [0.5, 0.6) is 0 Å². The van der Waals surface area contributed by atoms with Crippen molar-refractivity contribution in [3.63, 3.8) is 0 Å². The molecule has 0 aromatic heterocycles. The van der Waals surface area contributed by atoms with Crippen LogP contribution in [-0.2, 0) is 16.1 Å². The normalized spacial score (nSPS) is 16.8. The van der Waals surface area contributed by atoms with Crippen molar-refractivity contribution in [1.29, 1.82) is 0 Å². The van der Waals surface area contributed by atoms with Crippen molar-refractivity contribution in [2.45, 2.75) is 12.7 Å². The predicted octanol–water partition coefficient (Wildman–Crippen LogP) is 1.50. The molecule has 2 rings (SSSR count). The third-order valence-corrected chi connectivity index (χ3v) is 3.96. The monoisotopic (exact) mass is 359 g/mol. The molecule has 5 nitrogen and oxygen atoms in total. The smallest absolute Gasteiger partial charge is 0.362 e. The van der Waals surface area contributed by atoms with Crippen LogP contribution >= 0.6 is 0 Å². The summed E-state index contributed by atoms with van der Waals surface area (Å²) in [6.45, 7) is 3.79.